The molecule has 0 aliphatic heterocycles. The summed E-state index contributed by atoms with van der Waals surface area (Å²) in [6.45, 7) is 15.0. The second-order valence-corrected chi connectivity index (χ2v) is 15.6. The Hall–Kier alpha value is -1.14. The molecule has 0 aromatic rings. The van der Waals surface area contributed by atoms with Gasteiger partial charge in [-0.05, 0) is 77.8 Å². The fourth-order valence-corrected chi connectivity index (χ4v) is 6.82. The van der Waals surface area contributed by atoms with Crippen molar-refractivity contribution in [3.63, 3.8) is 0 Å². The zero-order valence-electron chi connectivity index (χ0n) is 33.6. The molecular weight excluding hydrogens is 610 g/mol. The predicted octanol–water partition coefficient (Wildman–Crippen LogP) is 12.0. The SMILES string of the molecule is CCCCCCCCCOC(=O)C(C)(C)CCCCCCN(CCO)CCCCCCCC(=O)OCCCC(CCCCC)CCCCC. The highest BCUT2D eigenvalue weighted by atomic mass is 16.5. The molecular formula is C43H85NO5. The van der Waals surface area contributed by atoms with Gasteiger partial charge < -0.3 is 19.5 Å². The lowest BCUT2D eigenvalue weighted by Gasteiger charge is -2.23. The number of hydrogen-bond donors (Lipinski definition) is 1. The first kappa shape index (κ1) is 47.9. The molecule has 6 nitrogen and oxygen atoms in total. The van der Waals surface area contributed by atoms with Gasteiger partial charge in [0, 0.05) is 13.0 Å². The van der Waals surface area contributed by atoms with Gasteiger partial charge in [0.2, 0.25) is 0 Å². The van der Waals surface area contributed by atoms with E-state index in [2.05, 4.69) is 25.7 Å². The lowest BCUT2D eigenvalue weighted by Crippen LogP contribution is -2.29. The summed E-state index contributed by atoms with van der Waals surface area (Å²) in [7, 11) is 0. The first-order valence-corrected chi connectivity index (χ1v) is 21.5. The first-order valence-electron chi connectivity index (χ1n) is 21.5. The lowest BCUT2D eigenvalue weighted by molar-refractivity contribution is -0.154. The quantitative estimate of drug-likeness (QED) is 0.0512. The molecule has 0 aliphatic carbocycles. The summed E-state index contributed by atoms with van der Waals surface area (Å²) in [5.74, 6) is 0.734. The second-order valence-electron chi connectivity index (χ2n) is 15.6. The van der Waals surface area contributed by atoms with Crippen molar-refractivity contribution in [3.8, 4) is 0 Å². The van der Waals surface area contributed by atoms with Gasteiger partial charge >= 0.3 is 11.9 Å². The van der Waals surface area contributed by atoms with E-state index in [1.807, 2.05) is 13.8 Å². The van der Waals surface area contributed by atoms with Gasteiger partial charge in [0.25, 0.3) is 0 Å². The van der Waals surface area contributed by atoms with Crippen LogP contribution in [0.15, 0.2) is 0 Å². The third kappa shape index (κ3) is 31.3. The van der Waals surface area contributed by atoms with E-state index in [-0.39, 0.29) is 18.5 Å². The molecule has 292 valence electrons. The van der Waals surface area contributed by atoms with Gasteiger partial charge in [0.15, 0.2) is 0 Å². The van der Waals surface area contributed by atoms with Gasteiger partial charge in [-0.2, -0.15) is 0 Å². The van der Waals surface area contributed by atoms with Gasteiger partial charge in [-0.3, -0.25) is 9.59 Å². The normalized spacial score (nSPS) is 11.9. The second kappa shape index (κ2) is 35.3. The molecule has 0 aliphatic rings. The maximum atomic E-state index is 12.6. The van der Waals surface area contributed by atoms with Crippen LogP contribution in [0.5, 0.6) is 0 Å². The van der Waals surface area contributed by atoms with Crippen molar-refractivity contribution in [2.75, 3.05) is 39.5 Å². The van der Waals surface area contributed by atoms with Crippen LogP contribution in [0.2, 0.25) is 0 Å². The van der Waals surface area contributed by atoms with Crippen LogP contribution in [0.4, 0.5) is 0 Å². The number of unbranched alkanes of at least 4 members (excludes halogenated alkanes) is 17. The van der Waals surface area contributed by atoms with Crippen LogP contribution in [0.25, 0.3) is 0 Å². The zero-order valence-corrected chi connectivity index (χ0v) is 33.6. The summed E-state index contributed by atoms with van der Waals surface area (Å²) in [5.41, 5.74) is -0.408. The third-order valence-electron chi connectivity index (χ3n) is 10.3. The molecule has 6 heteroatoms. The minimum atomic E-state index is -0.408. The highest BCUT2D eigenvalue weighted by molar-refractivity contribution is 5.75. The molecule has 0 bridgehead atoms. The van der Waals surface area contributed by atoms with Crippen LogP contribution in [0.3, 0.4) is 0 Å². The highest BCUT2D eigenvalue weighted by Gasteiger charge is 2.28. The Balaban J connectivity index is 3.89. The standard InChI is InChI=1S/C43H85NO5/c1-6-9-12-13-14-20-27-38-49-42(47)43(4,5)33-24-17-19-26-35-44(36-37-45)34-25-18-15-16-23-32-41(46)48-39-28-31-40(29-21-10-7-2)30-22-11-8-3/h40,45H,6-39H2,1-5H3. The molecule has 0 unspecified atom stereocenters. The van der Waals surface area contributed by atoms with Crippen molar-refractivity contribution in [2.24, 2.45) is 11.3 Å². The molecule has 0 atom stereocenters. The van der Waals surface area contributed by atoms with Crippen molar-refractivity contribution in [2.45, 2.75) is 214 Å². The highest BCUT2D eigenvalue weighted by Crippen LogP contribution is 2.26. The average Bonchev–Trinajstić information content (AvgIpc) is 3.08. The molecule has 0 amide bonds. The van der Waals surface area contributed by atoms with Crippen LogP contribution >= 0.6 is 0 Å². The average molecular weight is 696 g/mol. The first-order chi connectivity index (χ1) is 23.8. The van der Waals surface area contributed by atoms with E-state index in [1.165, 1.54) is 96.3 Å². The van der Waals surface area contributed by atoms with Crippen LogP contribution < -0.4 is 0 Å². The minimum absolute atomic E-state index is 0.0232. The molecule has 0 saturated heterocycles. The number of carbonyl (C=O) groups is 2. The van der Waals surface area contributed by atoms with Crippen molar-refractivity contribution in [3.05, 3.63) is 0 Å². The number of rotatable bonds is 38. The number of nitrogens with zero attached hydrogens (tertiary/aromatic N) is 1. The fourth-order valence-electron chi connectivity index (χ4n) is 6.82. The van der Waals surface area contributed by atoms with E-state index < -0.39 is 5.41 Å². The molecule has 49 heavy (non-hydrogen) atoms. The number of esters is 2. The summed E-state index contributed by atoms with van der Waals surface area (Å²) in [6, 6.07) is 0. The molecule has 0 rings (SSSR count). The van der Waals surface area contributed by atoms with Crippen molar-refractivity contribution in [1.29, 1.82) is 0 Å². The fraction of sp³-hybridized carbons (Fsp3) is 0.953. The van der Waals surface area contributed by atoms with Gasteiger partial charge in [0.05, 0.1) is 25.2 Å². The van der Waals surface area contributed by atoms with Crippen molar-refractivity contribution >= 4 is 11.9 Å². The van der Waals surface area contributed by atoms with Gasteiger partial charge in [-0.15, -0.1) is 0 Å². The summed E-state index contributed by atoms with van der Waals surface area (Å²) in [4.78, 5) is 27.2. The predicted molar refractivity (Wildman–Crippen MR) is 209 cm³/mol. The van der Waals surface area contributed by atoms with Crippen LogP contribution in [-0.4, -0.2) is 61.4 Å². The summed E-state index contributed by atoms with van der Waals surface area (Å²) < 4.78 is 11.2. The Bertz CT molecular complexity index is 717. The smallest absolute Gasteiger partial charge is 0.311 e. The maximum absolute atomic E-state index is 12.6. The molecule has 0 heterocycles. The van der Waals surface area contributed by atoms with Gasteiger partial charge in [-0.1, -0.05) is 149 Å². The molecule has 0 saturated carbocycles. The summed E-state index contributed by atoms with van der Waals surface area (Å²) in [5, 5.41) is 9.54. The van der Waals surface area contributed by atoms with Crippen molar-refractivity contribution in [1.82, 2.24) is 4.90 Å². The number of ether oxygens (including phenoxy) is 2. The van der Waals surface area contributed by atoms with Gasteiger partial charge in [0.1, 0.15) is 0 Å². The molecule has 0 fully saturated rings. The van der Waals surface area contributed by atoms with Crippen LogP contribution in [-0.2, 0) is 19.1 Å². The maximum Gasteiger partial charge on any atom is 0.311 e. The Morgan fingerprint density at radius 3 is 1.61 bits per heavy atom. The number of aliphatic hydroxyl groups is 1. The Labute approximate surface area is 305 Å². The lowest BCUT2D eigenvalue weighted by atomic mass is 9.87. The van der Waals surface area contributed by atoms with E-state index in [1.54, 1.807) is 0 Å². The van der Waals surface area contributed by atoms with E-state index >= 15 is 0 Å². The van der Waals surface area contributed by atoms with E-state index in [9.17, 15) is 14.7 Å². The monoisotopic (exact) mass is 696 g/mol. The van der Waals surface area contributed by atoms with Gasteiger partial charge in [-0.25, -0.2) is 0 Å². The Kier molecular flexibility index (Phi) is 34.5. The molecule has 0 radical (unpaired) electrons. The number of carbonyl (C=O) groups excluding carboxylic acids is 2. The number of hydrogen-bond acceptors (Lipinski definition) is 6. The zero-order chi connectivity index (χ0) is 36.3. The van der Waals surface area contributed by atoms with Crippen LogP contribution in [0.1, 0.15) is 214 Å². The Morgan fingerprint density at radius 2 is 1.02 bits per heavy atom. The van der Waals surface area contributed by atoms with E-state index in [4.69, 9.17) is 9.47 Å². The van der Waals surface area contributed by atoms with Crippen molar-refractivity contribution < 1.29 is 24.2 Å². The van der Waals surface area contributed by atoms with Crippen LogP contribution in [0, 0.1) is 11.3 Å². The third-order valence-corrected chi connectivity index (χ3v) is 10.3. The summed E-state index contributed by atoms with van der Waals surface area (Å²) >= 11 is 0. The Morgan fingerprint density at radius 1 is 0.551 bits per heavy atom. The molecule has 0 spiro atoms. The molecule has 0 aromatic heterocycles. The summed E-state index contributed by atoms with van der Waals surface area (Å²) in [6.07, 6.45) is 32.7. The number of aliphatic hydroxyl groups excluding tert-OH is 1. The minimum Gasteiger partial charge on any atom is -0.466 e. The van der Waals surface area contributed by atoms with E-state index in [0.29, 0.717) is 19.6 Å². The largest absolute Gasteiger partial charge is 0.466 e. The molecule has 0 aromatic carbocycles. The molecule has 1 N–H and O–H groups in total. The van der Waals surface area contributed by atoms with E-state index in [0.717, 1.165) is 103 Å². The topological polar surface area (TPSA) is 76.1 Å².